The van der Waals surface area contributed by atoms with Crippen LogP contribution in [0.3, 0.4) is 0 Å². The van der Waals surface area contributed by atoms with Gasteiger partial charge in [-0.05, 0) is 25.6 Å². The Morgan fingerprint density at radius 1 is 1.52 bits per heavy atom. The predicted octanol–water partition coefficient (Wildman–Crippen LogP) is 1.43. The van der Waals surface area contributed by atoms with Crippen molar-refractivity contribution >= 4 is 11.8 Å². The zero-order valence-electron chi connectivity index (χ0n) is 12.6. The number of nitro groups is 1. The average Bonchev–Trinajstić information content (AvgIpc) is 2.77. The Kier molecular flexibility index (Phi) is 7.70. The van der Waals surface area contributed by atoms with E-state index in [1.807, 2.05) is 14.0 Å². The van der Waals surface area contributed by atoms with E-state index >= 15 is 0 Å². The summed E-state index contributed by atoms with van der Waals surface area (Å²) in [7, 11) is 3.53. The summed E-state index contributed by atoms with van der Waals surface area (Å²) < 4.78 is 5.74. The molecule has 0 bridgehead atoms. The van der Waals surface area contributed by atoms with Crippen LogP contribution in [0.25, 0.3) is 0 Å². The summed E-state index contributed by atoms with van der Waals surface area (Å²) in [5.74, 6) is 3.96. The monoisotopic (exact) mass is 314 g/mol. The van der Waals surface area contributed by atoms with E-state index < -0.39 is 4.92 Å². The minimum atomic E-state index is -0.485. The molecule has 0 aliphatic heterocycles. The molecule has 0 saturated heterocycles. The summed E-state index contributed by atoms with van der Waals surface area (Å²) in [6.07, 6.45) is 0.921. The normalized spacial score (nSPS) is 11.5. The lowest BCUT2D eigenvalue weighted by Crippen LogP contribution is -2.26. The van der Waals surface area contributed by atoms with E-state index in [0.717, 1.165) is 41.3 Å². The van der Waals surface area contributed by atoms with Gasteiger partial charge >= 0.3 is 0 Å². The summed E-state index contributed by atoms with van der Waals surface area (Å²) in [6, 6.07) is 2.05. The molecule has 1 heterocycles. The fourth-order valence-electron chi connectivity index (χ4n) is 1.73. The van der Waals surface area contributed by atoms with Crippen molar-refractivity contribution < 1.29 is 9.34 Å². The van der Waals surface area contributed by atoms with Gasteiger partial charge in [0.2, 0.25) is 0 Å². The molecule has 0 aromatic carbocycles. The topological polar surface area (TPSA) is 92.4 Å². The van der Waals surface area contributed by atoms with Crippen LogP contribution in [-0.4, -0.2) is 31.3 Å². The summed E-state index contributed by atoms with van der Waals surface area (Å²) in [6.45, 7) is 3.41. The highest BCUT2D eigenvalue weighted by molar-refractivity contribution is 7.98. The summed E-state index contributed by atoms with van der Waals surface area (Å²) in [5, 5.41) is 19.1. The molecule has 21 heavy (non-hydrogen) atoms. The SMILES string of the molecule is CNCc1oc(CSCCN/C(=C/[N+](=O)[O-])NC)cc1C. The Hall–Kier alpha value is -1.67. The summed E-state index contributed by atoms with van der Waals surface area (Å²) in [5.41, 5.74) is 1.16. The van der Waals surface area contributed by atoms with Crippen molar-refractivity contribution in [2.75, 3.05) is 26.4 Å². The number of nitrogens with one attached hydrogen (secondary N) is 3. The van der Waals surface area contributed by atoms with Gasteiger partial charge in [-0.15, -0.1) is 0 Å². The number of hydrogen-bond acceptors (Lipinski definition) is 7. The van der Waals surface area contributed by atoms with Crippen LogP contribution in [-0.2, 0) is 12.3 Å². The molecule has 1 aromatic rings. The van der Waals surface area contributed by atoms with Gasteiger partial charge < -0.3 is 20.4 Å². The number of aryl methyl sites for hydroxylation is 1. The van der Waals surface area contributed by atoms with Crippen LogP contribution in [0.15, 0.2) is 22.5 Å². The first-order valence-corrected chi connectivity index (χ1v) is 7.79. The lowest BCUT2D eigenvalue weighted by Gasteiger charge is -2.07. The molecule has 0 amide bonds. The van der Waals surface area contributed by atoms with Crippen LogP contribution in [0, 0.1) is 17.0 Å². The number of thioether (sulfide) groups is 1. The molecule has 1 rings (SSSR count). The van der Waals surface area contributed by atoms with Crippen molar-refractivity contribution in [2.45, 2.75) is 19.2 Å². The van der Waals surface area contributed by atoms with Crippen molar-refractivity contribution in [3.8, 4) is 0 Å². The third-order valence-corrected chi connectivity index (χ3v) is 3.70. The van der Waals surface area contributed by atoms with Crippen LogP contribution >= 0.6 is 11.8 Å². The number of rotatable bonds is 10. The maximum atomic E-state index is 10.4. The van der Waals surface area contributed by atoms with Gasteiger partial charge in [0.05, 0.1) is 17.2 Å². The molecule has 0 radical (unpaired) electrons. The van der Waals surface area contributed by atoms with Crippen LogP contribution in [0.1, 0.15) is 17.1 Å². The van der Waals surface area contributed by atoms with E-state index in [-0.39, 0.29) is 0 Å². The van der Waals surface area contributed by atoms with Gasteiger partial charge in [0, 0.05) is 19.3 Å². The van der Waals surface area contributed by atoms with Crippen molar-refractivity contribution in [3.05, 3.63) is 45.3 Å². The third-order valence-electron chi connectivity index (χ3n) is 2.72. The van der Waals surface area contributed by atoms with Crippen LogP contribution < -0.4 is 16.0 Å². The van der Waals surface area contributed by atoms with E-state index in [1.165, 1.54) is 0 Å². The first-order valence-electron chi connectivity index (χ1n) is 6.64. The quantitative estimate of drug-likeness (QED) is 0.342. The Bertz CT molecular complexity index is 488. The van der Waals surface area contributed by atoms with Crippen LogP contribution in [0.5, 0.6) is 0 Å². The van der Waals surface area contributed by atoms with Crippen molar-refractivity contribution in [1.29, 1.82) is 0 Å². The van der Waals surface area contributed by atoms with Gasteiger partial charge in [0.25, 0.3) is 6.20 Å². The molecule has 7 nitrogen and oxygen atoms in total. The first kappa shape index (κ1) is 17.4. The highest BCUT2D eigenvalue weighted by atomic mass is 32.2. The first-order chi connectivity index (χ1) is 10.1. The van der Waals surface area contributed by atoms with Crippen LogP contribution in [0.2, 0.25) is 0 Å². The standard InChI is InChI=1S/C13H22N4O3S/c1-10-6-11(20-12(10)7-14-2)9-21-5-4-16-13(15-3)8-17(18)19/h6,8,14-16H,4-5,7,9H2,1-3H3/b13-8+. The molecule has 3 N–H and O–H groups in total. The Balaban J connectivity index is 2.28. The maximum Gasteiger partial charge on any atom is 0.274 e. The zero-order chi connectivity index (χ0) is 15.7. The Morgan fingerprint density at radius 3 is 2.90 bits per heavy atom. The van der Waals surface area contributed by atoms with Gasteiger partial charge in [-0.3, -0.25) is 10.1 Å². The van der Waals surface area contributed by atoms with Gasteiger partial charge in [-0.1, -0.05) is 0 Å². The lowest BCUT2D eigenvalue weighted by molar-refractivity contribution is -0.404. The maximum absolute atomic E-state index is 10.4. The molecule has 0 spiro atoms. The third kappa shape index (κ3) is 6.54. The fraction of sp³-hybridized carbons (Fsp3) is 0.538. The molecular formula is C13H22N4O3S. The lowest BCUT2D eigenvalue weighted by atomic mass is 10.3. The molecule has 0 atom stereocenters. The molecule has 118 valence electrons. The minimum absolute atomic E-state index is 0.408. The van der Waals surface area contributed by atoms with Crippen molar-refractivity contribution in [1.82, 2.24) is 16.0 Å². The molecule has 0 fully saturated rings. The van der Waals surface area contributed by atoms with E-state index in [2.05, 4.69) is 22.0 Å². The Morgan fingerprint density at radius 2 is 2.29 bits per heavy atom. The van der Waals surface area contributed by atoms with E-state index in [9.17, 15) is 10.1 Å². The average molecular weight is 314 g/mol. The van der Waals surface area contributed by atoms with E-state index in [4.69, 9.17) is 4.42 Å². The smallest absolute Gasteiger partial charge is 0.274 e. The molecule has 0 unspecified atom stereocenters. The predicted molar refractivity (Wildman–Crippen MR) is 84.5 cm³/mol. The van der Waals surface area contributed by atoms with Gasteiger partial charge in [-0.2, -0.15) is 11.8 Å². The summed E-state index contributed by atoms with van der Waals surface area (Å²) in [4.78, 5) is 9.87. The second kappa shape index (κ2) is 9.30. The molecule has 8 heteroatoms. The molecule has 0 saturated carbocycles. The minimum Gasteiger partial charge on any atom is -0.464 e. The van der Waals surface area contributed by atoms with Crippen molar-refractivity contribution in [3.63, 3.8) is 0 Å². The van der Waals surface area contributed by atoms with Crippen LogP contribution in [0.4, 0.5) is 0 Å². The summed E-state index contributed by atoms with van der Waals surface area (Å²) >= 11 is 1.72. The largest absolute Gasteiger partial charge is 0.464 e. The highest BCUT2D eigenvalue weighted by Crippen LogP contribution is 2.19. The van der Waals surface area contributed by atoms with E-state index in [0.29, 0.717) is 12.4 Å². The second-order valence-electron chi connectivity index (χ2n) is 4.41. The van der Waals surface area contributed by atoms with Crippen molar-refractivity contribution in [2.24, 2.45) is 0 Å². The van der Waals surface area contributed by atoms with Gasteiger partial charge in [0.1, 0.15) is 11.5 Å². The molecule has 0 aliphatic carbocycles. The van der Waals surface area contributed by atoms with E-state index in [1.54, 1.807) is 18.8 Å². The molecule has 0 aliphatic rings. The fourth-order valence-corrected chi connectivity index (χ4v) is 2.47. The number of nitrogens with zero attached hydrogens (tertiary/aromatic N) is 1. The number of hydrogen-bond donors (Lipinski definition) is 3. The molecular weight excluding hydrogens is 292 g/mol. The second-order valence-corrected chi connectivity index (χ2v) is 5.51. The van der Waals surface area contributed by atoms with Gasteiger partial charge in [0.15, 0.2) is 5.82 Å². The number of furan rings is 1. The highest BCUT2D eigenvalue weighted by Gasteiger charge is 2.06. The molecule has 1 aromatic heterocycles. The zero-order valence-corrected chi connectivity index (χ0v) is 13.4. The van der Waals surface area contributed by atoms with Gasteiger partial charge in [-0.25, -0.2) is 0 Å². The Labute approximate surface area is 128 Å².